The molecule has 0 amide bonds. The molecule has 0 heterocycles. The third-order valence-electron chi connectivity index (χ3n) is 1.35. The predicted molar refractivity (Wildman–Crippen MR) is 56.0 cm³/mol. The number of hydrogen-bond acceptors (Lipinski definition) is 1. The maximum absolute atomic E-state index is 4.50. The minimum absolute atomic E-state index is 1.04. The zero-order chi connectivity index (χ0) is 9.40. The van der Waals surface area contributed by atoms with Gasteiger partial charge in [0.1, 0.15) is 0 Å². The summed E-state index contributed by atoms with van der Waals surface area (Å²) in [5.41, 5.74) is 4.50. The SMILES string of the molecule is C=C/C=c1/ccccc1=C.CN. The van der Waals surface area contributed by atoms with Gasteiger partial charge in [-0.3, -0.25) is 0 Å². The Labute approximate surface area is 73.5 Å². The molecule has 1 aromatic rings. The van der Waals surface area contributed by atoms with Crippen LogP contribution >= 0.6 is 0 Å². The Balaban J connectivity index is 0.000000561. The second kappa shape index (κ2) is 6.38. The standard InChI is InChI=1S/C10H10.CH5N/c1-3-6-10-8-5-4-7-9(10)2;1-2/h3-8H,1-2H2;2H2,1H3/b10-6-;. The molecule has 0 aliphatic heterocycles. The van der Waals surface area contributed by atoms with Crippen LogP contribution in [0.25, 0.3) is 12.7 Å². The van der Waals surface area contributed by atoms with Gasteiger partial charge in [-0.1, -0.05) is 49.6 Å². The molecule has 1 nitrogen and oxygen atoms in total. The highest BCUT2D eigenvalue weighted by Gasteiger charge is 1.75. The van der Waals surface area contributed by atoms with E-state index in [2.05, 4.69) is 18.9 Å². The summed E-state index contributed by atoms with van der Waals surface area (Å²) in [6.07, 6.45) is 3.71. The molecule has 12 heavy (non-hydrogen) atoms. The first kappa shape index (κ1) is 10.7. The van der Waals surface area contributed by atoms with Gasteiger partial charge in [-0.15, -0.1) is 0 Å². The van der Waals surface area contributed by atoms with Gasteiger partial charge < -0.3 is 5.73 Å². The Kier molecular flexibility index (Phi) is 5.66. The molecule has 0 bridgehead atoms. The van der Waals surface area contributed by atoms with Crippen LogP contribution in [-0.4, -0.2) is 7.05 Å². The van der Waals surface area contributed by atoms with E-state index in [1.54, 1.807) is 6.08 Å². The molecule has 0 atom stereocenters. The van der Waals surface area contributed by atoms with E-state index in [1.807, 2.05) is 30.3 Å². The van der Waals surface area contributed by atoms with Gasteiger partial charge >= 0.3 is 0 Å². The second-order valence-corrected chi connectivity index (χ2v) is 2.10. The highest BCUT2D eigenvalue weighted by Crippen LogP contribution is 1.70. The lowest BCUT2D eigenvalue weighted by molar-refractivity contribution is 1.48. The summed E-state index contributed by atoms with van der Waals surface area (Å²) in [5.74, 6) is 0. The summed E-state index contributed by atoms with van der Waals surface area (Å²) in [5, 5.41) is 2.18. The minimum Gasteiger partial charge on any atom is -0.333 e. The van der Waals surface area contributed by atoms with Crippen molar-refractivity contribution in [3.05, 3.63) is 47.4 Å². The average Bonchev–Trinajstić information content (AvgIpc) is 2.13. The van der Waals surface area contributed by atoms with Gasteiger partial charge in [0.25, 0.3) is 0 Å². The van der Waals surface area contributed by atoms with Gasteiger partial charge in [-0.2, -0.15) is 0 Å². The van der Waals surface area contributed by atoms with E-state index >= 15 is 0 Å². The molecule has 0 fully saturated rings. The highest BCUT2D eigenvalue weighted by atomic mass is 14.4. The van der Waals surface area contributed by atoms with Crippen molar-refractivity contribution < 1.29 is 0 Å². The molecule has 0 unspecified atom stereocenters. The molecule has 1 aromatic carbocycles. The predicted octanol–water partition coefficient (Wildman–Crippen LogP) is 0.638. The Bertz CT molecular complexity index is 325. The van der Waals surface area contributed by atoms with Crippen molar-refractivity contribution in [2.24, 2.45) is 5.73 Å². The fourth-order valence-corrected chi connectivity index (χ4v) is 0.824. The van der Waals surface area contributed by atoms with Crippen molar-refractivity contribution in [3.63, 3.8) is 0 Å². The van der Waals surface area contributed by atoms with Gasteiger partial charge in [0.15, 0.2) is 0 Å². The van der Waals surface area contributed by atoms with Gasteiger partial charge in [-0.25, -0.2) is 0 Å². The van der Waals surface area contributed by atoms with Gasteiger partial charge in [0.2, 0.25) is 0 Å². The molecule has 0 aliphatic rings. The van der Waals surface area contributed by atoms with Crippen LogP contribution in [0, 0.1) is 0 Å². The fourth-order valence-electron chi connectivity index (χ4n) is 0.824. The first-order valence-electron chi connectivity index (χ1n) is 3.79. The van der Waals surface area contributed by atoms with Crippen LogP contribution in [0.15, 0.2) is 36.9 Å². The van der Waals surface area contributed by atoms with E-state index in [9.17, 15) is 0 Å². The number of nitrogens with two attached hydrogens (primary N) is 1. The molecule has 0 aliphatic carbocycles. The zero-order valence-electron chi connectivity index (χ0n) is 7.46. The quantitative estimate of drug-likeness (QED) is 0.642. The molecule has 2 N–H and O–H groups in total. The van der Waals surface area contributed by atoms with Gasteiger partial charge in [-0.05, 0) is 17.5 Å². The average molecular weight is 161 g/mol. The number of rotatable bonds is 1. The lowest BCUT2D eigenvalue weighted by Gasteiger charge is -1.83. The molecule has 0 radical (unpaired) electrons. The van der Waals surface area contributed by atoms with E-state index < -0.39 is 0 Å². The Hall–Kier alpha value is -1.34. The van der Waals surface area contributed by atoms with Crippen LogP contribution < -0.4 is 16.2 Å². The van der Waals surface area contributed by atoms with Crippen molar-refractivity contribution in [2.75, 3.05) is 7.05 Å². The summed E-state index contributed by atoms with van der Waals surface area (Å²) in [6.45, 7) is 7.47. The van der Waals surface area contributed by atoms with E-state index in [0.717, 1.165) is 10.4 Å². The Morgan fingerprint density at radius 3 is 2.33 bits per heavy atom. The Morgan fingerprint density at radius 1 is 1.25 bits per heavy atom. The Morgan fingerprint density at radius 2 is 1.83 bits per heavy atom. The van der Waals surface area contributed by atoms with E-state index in [0.29, 0.717) is 0 Å². The minimum atomic E-state index is 1.04. The van der Waals surface area contributed by atoms with E-state index in [-0.39, 0.29) is 0 Å². The number of hydrogen-bond donors (Lipinski definition) is 1. The van der Waals surface area contributed by atoms with Crippen LogP contribution in [-0.2, 0) is 0 Å². The summed E-state index contributed by atoms with van der Waals surface area (Å²) < 4.78 is 0. The third kappa shape index (κ3) is 3.17. The second-order valence-electron chi connectivity index (χ2n) is 2.10. The van der Waals surface area contributed by atoms with E-state index in [1.165, 1.54) is 7.05 Å². The molecule has 0 aromatic heterocycles. The zero-order valence-corrected chi connectivity index (χ0v) is 7.46. The molecular weight excluding hydrogens is 146 g/mol. The summed E-state index contributed by atoms with van der Waals surface area (Å²) >= 11 is 0. The van der Waals surface area contributed by atoms with Crippen LogP contribution in [0.2, 0.25) is 0 Å². The van der Waals surface area contributed by atoms with Crippen molar-refractivity contribution in [1.82, 2.24) is 0 Å². The maximum Gasteiger partial charge on any atom is -0.0190 e. The van der Waals surface area contributed by atoms with Crippen LogP contribution in [0.5, 0.6) is 0 Å². The molecule has 0 saturated carbocycles. The van der Waals surface area contributed by atoms with Crippen LogP contribution in [0.1, 0.15) is 0 Å². The van der Waals surface area contributed by atoms with Gasteiger partial charge in [0, 0.05) is 0 Å². The topological polar surface area (TPSA) is 26.0 Å². The fraction of sp³-hybridized carbons (Fsp3) is 0.0909. The molecule has 64 valence electrons. The number of benzene rings is 1. The highest BCUT2D eigenvalue weighted by molar-refractivity contribution is 5.35. The number of allylic oxidation sites excluding steroid dienone is 1. The summed E-state index contributed by atoms with van der Waals surface area (Å²) in [6, 6.07) is 7.96. The lowest BCUT2D eigenvalue weighted by Crippen LogP contribution is -2.21. The van der Waals surface area contributed by atoms with Crippen LogP contribution in [0.3, 0.4) is 0 Å². The van der Waals surface area contributed by atoms with Crippen molar-refractivity contribution in [2.45, 2.75) is 0 Å². The summed E-state index contributed by atoms with van der Waals surface area (Å²) in [7, 11) is 1.50. The maximum atomic E-state index is 4.50. The molecule has 0 spiro atoms. The first-order valence-corrected chi connectivity index (χ1v) is 3.79. The van der Waals surface area contributed by atoms with Crippen LogP contribution in [0.4, 0.5) is 0 Å². The molecule has 0 saturated heterocycles. The van der Waals surface area contributed by atoms with Crippen molar-refractivity contribution in [3.8, 4) is 0 Å². The summed E-state index contributed by atoms with van der Waals surface area (Å²) in [4.78, 5) is 0. The van der Waals surface area contributed by atoms with Gasteiger partial charge in [0.05, 0.1) is 0 Å². The molecule has 1 rings (SSSR count). The molecular formula is C11H15N. The smallest absolute Gasteiger partial charge is 0.0190 e. The normalized spacial score (nSPS) is 10.0. The monoisotopic (exact) mass is 161 g/mol. The van der Waals surface area contributed by atoms with E-state index in [4.69, 9.17) is 0 Å². The third-order valence-corrected chi connectivity index (χ3v) is 1.35. The first-order chi connectivity index (χ1) is 5.84. The largest absolute Gasteiger partial charge is 0.333 e. The molecule has 1 heteroatoms. The lowest BCUT2D eigenvalue weighted by atomic mass is 10.2. The van der Waals surface area contributed by atoms with Crippen molar-refractivity contribution >= 4 is 12.7 Å². The van der Waals surface area contributed by atoms with Crippen molar-refractivity contribution in [1.29, 1.82) is 0 Å².